The number of aliphatic hydroxyl groups excluding tert-OH is 1. The summed E-state index contributed by atoms with van der Waals surface area (Å²) in [6, 6.07) is 0. The zero-order chi connectivity index (χ0) is 21.4. The van der Waals surface area contributed by atoms with E-state index in [-0.39, 0.29) is 18.0 Å². The molecule has 1 saturated carbocycles. The monoisotopic (exact) mass is 408 g/mol. The van der Waals surface area contributed by atoms with Gasteiger partial charge in [-0.25, -0.2) is 4.79 Å². The maximum absolute atomic E-state index is 12.6. The Morgan fingerprint density at radius 1 is 1.24 bits per heavy atom. The highest BCUT2D eigenvalue weighted by atomic mass is 16.6. The second-order valence-corrected chi connectivity index (χ2v) is 9.90. The molecule has 0 spiro atoms. The van der Waals surface area contributed by atoms with Crippen LogP contribution in [0.5, 0.6) is 0 Å². The van der Waals surface area contributed by atoms with Crippen molar-refractivity contribution in [3.05, 3.63) is 11.6 Å². The second-order valence-electron chi connectivity index (χ2n) is 9.90. The molecule has 0 amide bonds. The number of hydrogen-bond donors (Lipinski definition) is 2. The zero-order valence-corrected chi connectivity index (χ0v) is 18.2. The van der Waals surface area contributed by atoms with E-state index in [2.05, 4.69) is 20.8 Å². The SMILES string of the molecule is CCCCCCCC(=O)O[C@@H]1C=C2COC(=O)[C@]2(O)[C@@]2(C)[C@H](O)CCC(C)(C)[C@H]12. The van der Waals surface area contributed by atoms with Gasteiger partial charge in [-0.1, -0.05) is 53.4 Å². The molecule has 0 aromatic heterocycles. The van der Waals surface area contributed by atoms with E-state index in [1.165, 1.54) is 6.42 Å². The zero-order valence-electron chi connectivity index (χ0n) is 18.2. The van der Waals surface area contributed by atoms with E-state index in [1.54, 1.807) is 13.0 Å². The van der Waals surface area contributed by atoms with Gasteiger partial charge in [0.15, 0.2) is 5.60 Å². The lowest BCUT2D eigenvalue weighted by Crippen LogP contribution is -2.69. The number of cyclic esters (lactones) is 1. The number of rotatable bonds is 7. The molecular weight excluding hydrogens is 372 g/mol. The number of aliphatic hydroxyl groups is 2. The second kappa shape index (κ2) is 8.03. The molecule has 1 saturated heterocycles. The molecule has 29 heavy (non-hydrogen) atoms. The summed E-state index contributed by atoms with van der Waals surface area (Å²) < 4.78 is 11.1. The standard InChI is InChI=1S/C23H36O6/c1-5-6-7-8-9-10-18(25)29-16-13-15-14-28-20(26)23(15,27)22(4)17(24)11-12-21(2,3)19(16)22/h13,16-17,19,24,27H,5-12,14H2,1-4H3/t16-,17-,19+,22+,23+/m1/s1. The molecule has 0 radical (unpaired) electrons. The van der Waals surface area contributed by atoms with Crippen LogP contribution < -0.4 is 0 Å². The van der Waals surface area contributed by atoms with Gasteiger partial charge in [-0.2, -0.15) is 0 Å². The summed E-state index contributed by atoms with van der Waals surface area (Å²) in [6.07, 6.45) is 6.99. The molecule has 164 valence electrons. The lowest BCUT2D eigenvalue weighted by Gasteiger charge is -2.60. The molecule has 0 bridgehead atoms. The molecule has 2 N–H and O–H groups in total. The van der Waals surface area contributed by atoms with Crippen LogP contribution in [0.15, 0.2) is 11.6 Å². The van der Waals surface area contributed by atoms with Crippen LogP contribution in [0.2, 0.25) is 0 Å². The van der Waals surface area contributed by atoms with Gasteiger partial charge in [0.2, 0.25) is 0 Å². The molecule has 6 heteroatoms. The number of hydrogen-bond acceptors (Lipinski definition) is 6. The van der Waals surface area contributed by atoms with Gasteiger partial charge < -0.3 is 19.7 Å². The van der Waals surface area contributed by atoms with E-state index >= 15 is 0 Å². The van der Waals surface area contributed by atoms with Crippen molar-refractivity contribution in [2.24, 2.45) is 16.7 Å². The molecule has 2 fully saturated rings. The van der Waals surface area contributed by atoms with Gasteiger partial charge in [-0.15, -0.1) is 0 Å². The van der Waals surface area contributed by atoms with Crippen molar-refractivity contribution in [1.82, 2.24) is 0 Å². The predicted octanol–water partition coefficient (Wildman–Crippen LogP) is 3.29. The third-order valence-electron chi connectivity index (χ3n) is 7.59. The Kier molecular flexibility index (Phi) is 6.17. The van der Waals surface area contributed by atoms with Crippen molar-refractivity contribution in [3.63, 3.8) is 0 Å². The first-order chi connectivity index (χ1) is 13.6. The first-order valence-corrected chi connectivity index (χ1v) is 11.1. The molecular formula is C23H36O6. The largest absolute Gasteiger partial charge is 0.459 e. The van der Waals surface area contributed by atoms with Crippen LogP contribution >= 0.6 is 0 Å². The van der Waals surface area contributed by atoms with Crippen LogP contribution in [0, 0.1) is 16.7 Å². The molecule has 5 atom stereocenters. The van der Waals surface area contributed by atoms with Gasteiger partial charge in [-0.05, 0) is 30.8 Å². The lowest BCUT2D eigenvalue weighted by atomic mass is 9.45. The van der Waals surface area contributed by atoms with Crippen LogP contribution in [0.1, 0.15) is 79.1 Å². The summed E-state index contributed by atoms with van der Waals surface area (Å²) in [7, 11) is 0. The summed E-state index contributed by atoms with van der Waals surface area (Å²) in [4.78, 5) is 25.1. The van der Waals surface area contributed by atoms with Crippen LogP contribution in [0.25, 0.3) is 0 Å². The Balaban J connectivity index is 1.86. The van der Waals surface area contributed by atoms with Crippen LogP contribution in [-0.2, 0) is 19.1 Å². The van der Waals surface area contributed by atoms with Crippen molar-refractivity contribution in [1.29, 1.82) is 0 Å². The van der Waals surface area contributed by atoms with Gasteiger partial charge in [-0.3, -0.25) is 4.79 Å². The summed E-state index contributed by atoms with van der Waals surface area (Å²) in [5.41, 5.74) is -2.99. The molecule has 2 aliphatic carbocycles. The van der Waals surface area contributed by atoms with E-state index < -0.39 is 35.1 Å². The van der Waals surface area contributed by atoms with Crippen molar-refractivity contribution < 1.29 is 29.3 Å². The smallest absolute Gasteiger partial charge is 0.343 e. The van der Waals surface area contributed by atoms with Gasteiger partial charge in [0, 0.05) is 23.3 Å². The number of ether oxygens (including phenoxy) is 2. The Labute approximate surface area is 173 Å². The Bertz CT molecular complexity index is 683. The summed E-state index contributed by atoms with van der Waals surface area (Å²) in [5, 5.41) is 22.4. The first kappa shape index (κ1) is 22.3. The van der Waals surface area contributed by atoms with Crippen LogP contribution in [0.3, 0.4) is 0 Å². The van der Waals surface area contributed by atoms with Gasteiger partial charge in [0.05, 0.1) is 6.10 Å². The Morgan fingerprint density at radius 2 is 1.93 bits per heavy atom. The van der Waals surface area contributed by atoms with Crippen molar-refractivity contribution in [2.75, 3.05) is 6.61 Å². The van der Waals surface area contributed by atoms with Gasteiger partial charge in [0.1, 0.15) is 12.7 Å². The van der Waals surface area contributed by atoms with E-state index in [1.807, 2.05) is 0 Å². The topological polar surface area (TPSA) is 93.1 Å². The summed E-state index contributed by atoms with van der Waals surface area (Å²) >= 11 is 0. The molecule has 1 heterocycles. The highest BCUT2D eigenvalue weighted by Gasteiger charge is 2.72. The predicted molar refractivity (Wildman–Crippen MR) is 108 cm³/mol. The fraction of sp³-hybridized carbons (Fsp3) is 0.826. The summed E-state index contributed by atoms with van der Waals surface area (Å²) in [6.45, 7) is 7.97. The maximum Gasteiger partial charge on any atom is 0.343 e. The average molecular weight is 409 g/mol. The molecule has 1 aliphatic heterocycles. The maximum atomic E-state index is 12.6. The number of esters is 2. The number of fused-ring (bicyclic) bond motifs is 3. The fourth-order valence-corrected chi connectivity index (χ4v) is 5.93. The van der Waals surface area contributed by atoms with Gasteiger partial charge in [0.25, 0.3) is 0 Å². The first-order valence-electron chi connectivity index (χ1n) is 11.1. The minimum atomic E-state index is -1.88. The van der Waals surface area contributed by atoms with E-state index in [0.29, 0.717) is 24.8 Å². The number of carbonyl (C=O) groups is 2. The fourth-order valence-electron chi connectivity index (χ4n) is 5.93. The number of carbonyl (C=O) groups excluding carboxylic acids is 2. The molecule has 0 aromatic carbocycles. The van der Waals surface area contributed by atoms with Crippen LogP contribution in [-0.4, -0.2) is 46.6 Å². The van der Waals surface area contributed by atoms with E-state index in [0.717, 1.165) is 25.7 Å². The molecule has 3 rings (SSSR count). The molecule has 0 unspecified atom stereocenters. The highest BCUT2D eigenvalue weighted by molar-refractivity contribution is 5.88. The Hall–Kier alpha value is -1.40. The van der Waals surface area contributed by atoms with E-state index in [9.17, 15) is 19.8 Å². The van der Waals surface area contributed by atoms with Crippen molar-refractivity contribution in [2.45, 2.75) is 96.9 Å². The minimum Gasteiger partial charge on any atom is -0.459 e. The lowest BCUT2D eigenvalue weighted by molar-refractivity contribution is -0.225. The third-order valence-corrected chi connectivity index (χ3v) is 7.59. The van der Waals surface area contributed by atoms with E-state index in [4.69, 9.17) is 9.47 Å². The van der Waals surface area contributed by atoms with Gasteiger partial charge >= 0.3 is 11.9 Å². The normalized spacial score (nSPS) is 37.9. The Morgan fingerprint density at radius 3 is 2.62 bits per heavy atom. The highest BCUT2D eigenvalue weighted by Crippen LogP contribution is 2.63. The van der Waals surface area contributed by atoms with Crippen molar-refractivity contribution >= 4 is 11.9 Å². The van der Waals surface area contributed by atoms with Crippen molar-refractivity contribution in [3.8, 4) is 0 Å². The third kappa shape index (κ3) is 3.52. The van der Waals surface area contributed by atoms with Crippen LogP contribution in [0.4, 0.5) is 0 Å². The quantitative estimate of drug-likeness (QED) is 0.381. The summed E-state index contributed by atoms with van der Waals surface area (Å²) in [5.74, 6) is -1.38. The molecule has 3 aliphatic rings. The molecule has 0 aromatic rings. The minimum absolute atomic E-state index is 0.0319. The number of unbranched alkanes of at least 4 members (excludes halogenated alkanes) is 4. The average Bonchev–Trinajstić information content (AvgIpc) is 2.94. The molecule has 6 nitrogen and oxygen atoms in total.